The van der Waals surface area contributed by atoms with Crippen LogP contribution in [0.3, 0.4) is 0 Å². The van der Waals surface area contributed by atoms with Gasteiger partial charge in [0.1, 0.15) is 11.4 Å². The monoisotopic (exact) mass is 517 g/mol. The van der Waals surface area contributed by atoms with Gasteiger partial charge in [-0.15, -0.1) is 0 Å². The molecule has 1 aromatic carbocycles. The van der Waals surface area contributed by atoms with E-state index in [9.17, 15) is 14.7 Å². The van der Waals surface area contributed by atoms with Crippen LogP contribution in [-0.2, 0) is 14.3 Å². The molecular formula is C32H39NO5. The summed E-state index contributed by atoms with van der Waals surface area (Å²) in [6, 6.07) is 6.18. The smallest absolute Gasteiger partial charge is 0.334 e. The van der Waals surface area contributed by atoms with Crippen molar-refractivity contribution in [2.75, 3.05) is 13.7 Å². The number of methoxy groups -OCH3 is 1. The summed E-state index contributed by atoms with van der Waals surface area (Å²) in [6.45, 7) is 6.12. The van der Waals surface area contributed by atoms with Crippen LogP contribution in [0.25, 0.3) is 5.70 Å². The fourth-order valence-electron chi connectivity index (χ4n) is 7.57. The highest BCUT2D eigenvalue weighted by atomic mass is 16.6. The van der Waals surface area contributed by atoms with E-state index in [1.165, 1.54) is 36.1 Å². The molecule has 0 amide bonds. The quantitative estimate of drug-likeness (QED) is 0.477. The predicted octanol–water partition coefficient (Wildman–Crippen LogP) is 6.23. The normalized spacial score (nSPS) is 28.6. The Bertz CT molecular complexity index is 1280. The molecule has 2 heterocycles. The largest absolute Gasteiger partial charge is 0.497 e. The first-order valence-electron chi connectivity index (χ1n) is 14.2. The first-order valence-corrected chi connectivity index (χ1v) is 14.2. The van der Waals surface area contributed by atoms with E-state index in [1.807, 2.05) is 32.9 Å². The first kappa shape index (κ1) is 25.3. The fraction of sp³-hybridized carbons (Fsp3) is 0.562. The number of allylic oxidation sites excluding steroid dienone is 2. The van der Waals surface area contributed by atoms with E-state index < -0.39 is 17.0 Å². The number of rotatable bonds is 4. The van der Waals surface area contributed by atoms with Crippen LogP contribution in [-0.4, -0.2) is 47.2 Å². The molecule has 1 unspecified atom stereocenters. The Labute approximate surface area is 225 Å². The molecule has 6 heteroatoms. The number of nitrogens with zero attached hydrogens (tertiary/aromatic N) is 1. The van der Waals surface area contributed by atoms with Crippen molar-refractivity contribution in [3.05, 3.63) is 58.2 Å². The number of carbonyl (C=O) groups is 2. The van der Waals surface area contributed by atoms with Crippen molar-refractivity contribution < 1.29 is 24.2 Å². The van der Waals surface area contributed by atoms with E-state index in [1.54, 1.807) is 7.11 Å². The SMILES string of the molecule is COc1ccc2c(c1)[C@H]1CC[C@@]1(C(=O)O)CN1C2=C(C2CCCCC2)C2=CC=C(C(=O)OC(C)(C)C)CC21. The average molecular weight is 518 g/mol. The molecule has 0 aromatic heterocycles. The molecule has 2 aliphatic heterocycles. The molecule has 0 radical (unpaired) electrons. The van der Waals surface area contributed by atoms with Crippen molar-refractivity contribution in [1.29, 1.82) is 0 Å². The number of hydrogen-bond acceptors (Lipinski definition) is 5. The standard InChI is InChI=1S/C32H39NO5/c1-31(2,3)38-29(34)20-10-12-23-26(16-20)33-18-32(30(35)36)15-14-25(32)24-17-21(37-4)11-13-22(24)28(33)27(23)19-8-6-5-7-9-19/h10-13,17,19,25-26H,5-9,14-16,18H2,1-4H3,(H,35,36)/t25-,26?,32-/m1/s1. The molecule has 2 fully saturated rings. The van der Waals surface area contributed by atoms with Crippen LogP contribution in [0.5, 0.6) is 5.75 Å². The summed E-state index contributed by atoms with van der Waals surface area (Å²) >= 11 is 0. The summed E-state index contributed by atoms with van der Waals surface area (Å²) in [7, 11) is 1.67. The Balaban J connectivity index is 1.53. The molecule has 0 spiro atoms. The Morgan fingerprint density at radius 2 is 1.84 bits per heavy atom. The number of carboxylic acid groups (broad SMARTS) is 1. The molecule has 6 nitrogen and oxygen atoms in total. The summed E-state index contributed by atoms with van der Waals surface area (Å²) < 4.78 is 11.3. The van der Waals surface area contributed by atoms with Gasteiger partial charge in [-0.05, 0) is 87.3 Å². The number of hydrogen-bond donors (Lipinski definition) is 1. The van der Waals surface area contributed by atoms with Gasteiger partial charge in [0.15, 0.2) is 0 Å². The van der Waals surface area contributed by atoms with Gasteiger partial charge >= 0.3 is 11.9 Å². The van der Waals surface area contributed by atoms with Crippen LogP contribution in [0, 0.1) is 11.3 Å². The minimum absolute atomic E-state index is 0.0484. The van der Waals surface area contributed by atoms with Gasteiger partial charge in [-0.25, -0.2) is 4.79 Å². The zero-order chi connectivity index (χ0) is 26.8. The molecule has 202 valence electrons. The molecule has 6 rings (SSSR count). The maximum Gasteiger partial charge on any atom is 0.334 e. The van der Waals surface area contributed by atoms with Crippen molar-refractivity contribution >= 4 is 17.6 Å². The summed E-state index contributed by atoms with van der Waals surface area (Å²) in [6.07, 6.45) is 12.1. The molecule has 0 bridgehead atoms. The average Bonchev–Trinajstić information content (AvgIpc) is 3.14. The third kappa shape index (κ3) is 3.90. The van der Waals surface area contributed by atoms with Crippen LogP contribution in [0.1, 0.15) is 89.2 Å². The minimum Gasteiger partial charge on any atom is -0.497 e. The van der Waals surface area contributed by atoms with Crippen LogP contribution in [0.2, 0.25) is 0 Å². The van der Waals surface area contributed by atoms with Gasteiger partial charge in [0, 0.05) is 35.7 Å². The molecule has 0 saturated heterocycles. The lowest BCUT2D eigenvalue weighted by atomic mass is 9.57. The number of carboxylic acids is 1. The number of fused-ring (bicyclic) bond motifs is 7. The van der Waals surface area contributed by atoms with Crippen molar-refractivity contribution in [3.8, 4) is 5.75 Å². The second-order valence-electron chi connectivity index (χ2n) is 12.8. The van der Waals surface area contributed by atoms with E-state index in [-0.39, 0.29) is 17.9 Å². The maximum absolute atomic E-state index is 13.1. The zero-order valence-corrected chi connectivity index (χ0v) is 23.0. The molecule has 5 aliphatic rings. The number of carbonyl (C=O) groups excluding carboxylic acids is 1. The topological polar surface area (TPSA) is 76.1 Å². The highest BCUT2D eigenvalue weighted by molar-refractivity contribution is 5.91. The molecule has 2 saturated carbocycles. The van der Waals surface area contributed by atoms with E-state index in [2.05, 4.69) is 23.1 Å². The van der Waals surface area contributed by atoms with Gasteiger partial charge in [0.2, 0.25) is 0 Å². The van der Waals surface area contributed by atoms with Gasteiger partial charge < -0.3 is 19.5 Å². The minimum atomic E-state index is -0.844. The number of aliphatic carboxylic acids is 1. The maximum atomic E-state index is 13.1. The summed E-state index contributed by atoms with van der Waals surface area (Å²) in [5, 5.41) is 10.6. The lowest BCUT2D eigenvalue weighted by Gasteiger charge is -2.48. The van der Waals surface area contributed by atoms with Crippen molar-refractivity contribution in [2.24, 2.45) is 11.3 Å². The zero-order valence-electron chi connectivity index (χ0n) is 23.0. The van der Waals surface area contributed by atoms with Gasteiger partial charge in [0.25, 0.3) is 0 Å². The molecule has 3 aliphatic carbocycles. The summed E-state index contributed by atoms with van der Waals surface area (Å²) in [4.78, 5) is 28.4. The van der Waals surface area contributed by atoms with Crippen molar-refractivity contribution in [3.63, 3.8) is 0 Å². The number of benzene rings is 1. The van der Waals surface area contributed by atoms with Crippen LogP contribution in [0.4, 0.5) is 0 Å². The van der Waals surface area contributed by atoms with Gasteiger partial charge in [-0.2, -0.15) is 0 Å². The summed E-state index contributed by atoms with van der Waals surface area (Å²) in [5.74, 6) is 0.161. The third-order valence-electron chi connectivity index (χ3n) is 9.45. The van der Waals surface area contributed by atoms with E-state index in [4.69, 9.17) is 9.47 Å². The third-order valence-corrected chi connectivity index (χ3v) is 9.45. The Morgan fingerprint density at radius 1 is 1.08 bits per heavy atom. The Morgan fingerprint density at radius 3 is 2.47 bits per heavy atom. The fourth-order valence-corrected chi connectivity index (χ4v) is 7.57. The lowest BCUT2D eigenvalue weighted by Crippen LogP contribution is -2.52. The van der Waals surface area contributed by atoms with Gasteiger partial charge in [-0.3, -0.25) is 4.79 Å². The second-order valence-corrected chi connectivity index (χ2v) is 12.8. The van der Waals surface area contributed by atoms with Crippen LogP contribution < -0.4 is 4.74 Å². The summed E-state index contributed by atoms with van der Waals surface area (Å²) in [5.41, 5.74) is 5.33. The highest BCUT2D eigenvalue weighted by Crippen LogP contribution is 2.61. The predicted molar refractivity (Wildman–Crippen MR) is 146 cm³/mol. The van der Waals surface area contributed by atoms with Crippen molar-refractivity contribution in [1.82, 2.24) is 4.90 Å². The Kier molecular flexibility index (Phi) is 6.00. The van der Waals surface area contributed by atoms with E-state index >= 15 is 0 Å². The highest BCUT2D eigenvalue weighted by Gasteiger charge is 2.59. The first-order chi connectivity index (χ1) is 18.1. The van der Waals surface area contributed by atoms with Crippen LogP contribution in [0.15, 0.2) is 47.1 Å². The van der Waals surface area contributed by atoms with E-state index in [0.717, 1.165) is 36.1 Å². The lowest BCUT2D eigenvalue weighted by molar-refractivity contribution is -0.158. The molecule has 1 N–H and O–H groups in total. The molecule has 1 aromatic rings. The second kappa shape index (κ2) is 9.03. The number of esters is 1. The van der Waals surface area contributed by atoms with Gasteiger partial charge in [0.05, 0.1) is 18.6 Å². The van der Waals surface area contributed by atoms with Crippen LogP contribution >= 0.6 is 0 Å². The van der Waals surface area contributed by atoms with Crippen molar-refractivity contribution in [2.45, 2.75) is 89.7 Å². The molecular weight excluding hydrogens is 478 g/mol. The van der Waals surface area contributed by atoms with Gasteiger partial charge in [-0.1, -0.05) is 31.4 Å². The Hall–Kier alpha value is -3.02. The number of ether oxygens (including phenoxy) is 2. The van der Waals surface area contributed by atoms with E-state index in [0.29, 0.717) is 30.9 Å². The molecule has 3 atom stereocenters. The molecule has 38 heavy (non-hydrogen) atoms.